The monoisotopic (exact) mass is 389 g/mol. The quantitative estimate of drug-likeness (QED) is 0.858. The van der Waals surface area contributed by atoms with E-state index >= 15 is 0 Å². The highest BCUT2D eigenvalue weighted by Crippen LogP contribution is 2.33. The maximum Gasteiger partial charge on any atom is 0.256 e. The number of H-pyrrole nitrogens is 1. The van der Waals surface area contributed by atoms with Gasteiger partial charge in [-0.15, -0.1) is 0 Å². The second kappa shape index (κ2) is 6.95. The first kappa shape index (κ1) is 18.5. The Labute approximate surface area is 160 Å². The molecule has 7 heteroatoms. The molecule has 1 N–H and O–H groups in total. The summed E-state index contributed by atoms with van der Waals surface area (Å²) in [4.78, 5) is 18.5. The summed E-state index contributed by atoms with van der Waals surface area (Å²) in [5, 5.41) is 0.983. The van der Waals surface area contributed by atoms with Crippen molar-refractivity contribution in [2.45, 2.75) is 31.8 Å². The van der Waals surface area contributed by atoms with Gasteiger partial charge in [-0.05, 0) is 24.8 Å². The minimum atomic E-state index is -2.08. The highest BCUT2D eigenvalue weighted by atomic mass is 32.2. The normalized spacial score (nSPS) is 28.6. The predicted molar refractivity (Wildman–Crippen MR) is 108 cm³/mol. The van der Waals surface area contributed by atoms with E-state index in [4.69, 9.17) is 4.74 Å². The highest BCUT2D eigenvalue weighted by molar-refractivity contribution is 7.93. The number of morpholine rings is 1. The van der Waals surface area contributed by atoms with Crippen LogP contribution in [-0.4, -0.2) is 63.9 Å². The van der Waals surface area contributed by atoms with Crippen molar-refractivity contribution in [2.75, 3.05) is 38.2 Å². The fourth-order valence-corrected chi connectivity index (χ4v) is 6.23. The van der Waals surface area contributed by atoms with Crippen LogP contribution in [0.15, 0.2) is 28.8 Å². The molecular weight excluding hydrogens is 362 g/mol. The van der Waals surface area contributed by atoms with Gasteiger partial charge in [0.25, 0.3) is 5.91 Å². The van der Waals surface area contributed by atoms with Crippen LogP contribution in [0, 0.1) is 0 Å². The van der Waals surface area contributed by atoms with Crippen LogP contribution in [0.5, 0.6) is 0 Å². The van der Waals surface area contributed by atoms with Gasteiger partial charge in [-0.3, -0.25) is 4.79 Å². The summed E-state index contributed by atoms with van der Waals surface area (Å²) >= 11 is 0. The van der Waals surface area contributed by atoms with E-state index in [-0.39, 0.29) is 11.5 Å². The maximum atomic E-state index is 13.3. The molecule has 2 saturated heterocycles. The number of amides is 1. The number of aromatic nitrogens is 1. The van der Waals surface area contributed by atoms with Gasteiger partial charge < -0.3 is 14.6 Å². The molecule has 0 unspecified atom stereocenters. The van der Waals surface area contributed by atoms with E-state index in [2.05, 4.69) is 22.3 Å². The van der Waals surface area contributed by atoms with E-state index in [0.717, 1.165) is 22.9 Å². The van der Waals surface area contributed by atoms with Crippen LogP contribution in [0.25, 0.3) is 10.9 Å². The zero-order chi connectivity index (χ0) is 19.1. The molecule has 1 aromatic carbocycles. The topological polar surface area (TPSA) is 74.8 Å². The maximum absolute atomic E-state index is 13.3. The van der Waals surface area contributed by atoms with Crippen LogP contribution in [0.2, 0.25) is 0 Å². The summed E-state index contributed by atoms with van der Waals surface area (Å²) in [6, 6.07) is 6.11. The molecule has 0 aliphatic carbocycles. The first-order chi connectivity index (χ1) is 13.0. The Hall–Kier alpha value is -1.86. The molecule has 0 radical (unpaired) electrons. The number of rotatable bonds is 2. The summed E-state index contributed by atoms with van der Waals surface area (Å²) in [7, 11) is -0.446. The molecule has 1 amide bonds. The van der Waals surface area contributed by atoms with Gasteiger partial charge in [-0.2, -0.15) is 0 Å². The summed E-state index contributed by atoms with van der Waals surface area (Å²) in [5.74, 6) is 1.15. The Morgan fingerprint density at radius 1 is 1.37 bits per heavy atom. The molecule has 0 saturated carbocycles. The van der Waals surface area contributed by atoms with Crippen LogP contribution < -0.4 is 0 Å². The molecule has 2 fully saturated rings. The van der Waals surface area contributed by atoms with Crippen LogP contribution >= 0.6 is 0 Å². The smallest absolute Gasteiger partial charge is 0.256 e. The SMILES string of the molecule is CCc1cccc2c(C(=O)N3CCOC4(CCS(=O)(=NC)CC4)C3)c[nH]c12. The zero-order valence-electron chi connectivity index (χ0n) is 16.0. The molecule has 4 rings (SSSR count). The Morgan fingerprint density at radius 2 is 2.15 bits per heavy atom. The highest BCUT2D eigenvalue weighted by Gasteiger charge is 2.42. The Balaban J connectivity index is 1.57. The third kappa shape index (κ3) is 3.27. The van der Waals surface area contributed by atoms with Gasteiger partial charge in [0, 0.05) is 51.9 Å². The number of ether oxygens (including phenoxy) is 1. The molecule has 0 bridgehead atoms. The molecule has 2 aliphatic heterocycles. The number of carbonyl (C=O) groups excluding carboxylic acids is 1. The average Bonchev–Trinajstić information content (AvgIpc) is 3.14. The summed E-state index contributed by atoms with van der Waals surface area (Å²) in [5.41, 5.74) is 2.62. The van der Waals surface area contributed by atoms with Gasteiger partial charge in [0.2, 0.25) is 0 Å². The number of nitrogens with zero attached hydrogens (tertiary/aromatic N) is 2. The van der Waals surface area contributed by atoms with Gasteiger partial charge in [0.15, 0.2) is 0 Å². The number of hydrogen-bond donors (Lipinski definition) is 1. The molecule has 146 valence electrons. The van der Waals surface area contributed by atoms with Crippen molar-refractivity contribution in [3.63, 3.8) is 0 Å². The van der Waals surface area contributed by atoms with E-state index in [1.165, 1.54) is 5.56 Å². The molecule has 0 atom stereocenters. The summed E-state index contributed by atoms with van der Waals surface area (Å²) in [6.45, 7) is 3.80. The second-order valence-electron chi connectivity index (χ2n) is 7.52. The summed E-state index contributed by atoms with van der Waals surface area (Å²) in [6.07, 6.45) is 4.15. The first-order valence-electron chi connectivity index (χ1n) is 9.62. The van der Waals surface area contributed by atoms with Crippen molar-refractivity contribution in [1.82, 2.24) is 9.88 Å². The van der Waals surface area contributed by atoms with Gasteiger partial charge >= 0.3 is 0 Å². The number of aromatic amines is 1. The van der Waals surface area contributed by atoms with E-state index in [0.29, 0.717) is 44.0 Å². The van der Waals surface area contributed by atoms with Crippen LogP contribution in [-0.2, 0) is 20.9 Å². The van der Waals surface area contributed by atoms with Crippen molar-refractivity contribution in [3.05, 3.63) is 35.5 Å². The van der Waals surface area contributed by atoms with Gasteiger partial charge in [0.1, 0.15) is 0 Å². The molecule has 1 aromatic heterocycles. The molecule has 2 aliphatic rings. The molecular formula is C20H27N3O3S. The van der Waals surface area contributed by atoms with E-state index in [9.17, 15) is 9.00 Å². The number of hydrogen-bond acceptors (Lipinski definition) is 4. The van der Waals surface area contributed by atoms with Crippen molar-refractivity contribution in [3.8, 4) is 0 Å². The lowest BCUT2D eigenvalue weighted by Gasteiger charge is -2.45. The molecule has 3 heterocycles. The largest absolute Gasteiger partial charge is 0.371 e. The van der Waals surface area contributed by atoms with Crippen LogP contribution in [0.3, 0.4) is 0 Å². The van der Waals surface area contributed by atoms with Crippen molar-refractivity contribution >= 4 is 26.5 Å². The fourth-order valence-electron chi connectivity index (χ4n) is 4.28. The Bertz CT molecular complexity index is 974. The van der Waals surface area contributed by atoms with Crippen molar-refractivity contribution in [2.24, 2.45) is 4.36 Å². The Morgan fingerprint density at radius 3 is 2.85 bits per heavy atom. The predicted octanol–water partition coefficient (Wildman–Crippen LogP) is 2.83. The third-order valence-electron chi connectivity index (χ3n) is 6.03. The minimum Gasteiger partial charge on any atom is -0.371 e. The van der Waals surface area contributed by atoms with Crippen LogP contribution in [0.1, 0.15) is 35.7 Å². The van der Waals surface area contributed by atoms with Gasteiger partial charge in [0.05, 0.1) is 24.3 Å². The lowest BCUT2D eigenvalue weighted by atomic mass is 9.94. The molecule has 2 aromatic rings. The first-order valence-corrected chi connectivity index (χ1v) is 11.5. The molecule has 27 heavy (non-hydrogen) atoms. The standard InChI is InChI=1S/C20H27N3O3S/c1-3-15-5-4-6-16-17(13-22-18(15)16)19(24)23-9-10-26-20(14-23)7-11-27(25,21-2)12-8-20/h4-6,13,22H,3,7-12,14H2,1-2H3. The molecule has 6 nitrogen and oxygen atoms in total. The minimum absolute atomic E-state index is 0.0451. The number of carbonyl (C=O) groups is 1. The number of fused-ring (bicyclic) bond motifs is 1. The van der Waals surface area contributed by atoms with Crippen molar-refractivity contribution < 1.29 is 13.7 Å². The van der Waals surface area contributed by atoms with Crippen molar-refractivity contribution in [1.29, 1.82) is 0 Å². The van der Waals surface area contributed by atoms with E-state index in [1.54, 1.807) is 7.05 Å². The Kier molecular flexibility index (Phi) is 4.76. The zero-order valence-corrected chi connectivity index (χ0v) is 16.8. The number of para-hydroxylation sites is 1. The molecule has 1 spiro atoms. The van der Waals surface area contributed by atoms with Gasteiger partial charge in [-0.1, -0.05) is 25.1 Å². The van der Waals surface area contributed by atoms with E-state index < -0.39 is 9.73 Å². The van der Waals surface area contributed by atoms with E-state index in [1.807, 2.05) is 23.2 Å². The average molecular weight is 390 g/mol. The number of aryl methyl sites for hydroxylation is 1. The van der Waals surface area contributed by atoms with Gasteiger partial charge in [-0.25, -0.2) is 8.57 Å². The lowest BCUT2D eigenvalue weighted by molar-refractivity contribution is -0.104. The second-order valence-corrected chi connectivity index (χ2v) is 10.2. The summed E-state index contributed by atoms with van der Waals surface area (Å²) < 4.78 is 22.7. The van der Waals surface area contributed by atoms with Crippen LogP contribution in [0.4, 0.5) is 0 Å². The number of benzene rings is 1. The fraction of sp³-hybridized carbons (Fsp3) is 0.550. The number of nitrogens with one attached hydrogen (secondary N) is 1. The lowest BCUT2D eigenvalue weighted by Crippen LogP contribution is -2.56. The third-order valence-corrected chi connectivity index (χ3v) is 8.38.